The van der Waals surface area contributed by atoms with Crippen molar-refractivity contribution >= 4 is 23.5 Å². The molecular formula is C16H21F3N4O3. The maximum Gasteiger partial charge on any atom is 0.321 e. The summed E-state index contributed by atoms with van der Waals surface area (Å²) >= 11 is 0. The maximum absolute atomic E-state index is 13.5. The molecule has 0 heterocycles. The molecule has 0 fully saturated rings. The van der Waals surface area contributed by atoms with E-state index >= 15 is 0 Å². The minimum atomic E-state index is -1.69. The van der Waals surface area contributed by atoms with Crippen molar-refractivity contribution in [2.75, 3.05) is 25.5 Å². The lowest BCUT2D eigenvalue weighted by molar-refractivity contribution is -0.122. The second-order valence-corrected chi connectivity index (χ2v) is 5.77. The number of carbonyl (C=O) groups excluding carboxylic acids is 3. The van der Waals surface area contributed by atoms with Gasteiger partial charge in [-0.2, -0.15) is 0 Å². The molecule has 1 rings (SSSR count). The number of benzene rings is 1. The van der Waals surface area contributed by atoms with E-state index in [1.165, 1.54) is 11.9 Å². The fraction of sp³-hybridized carbons (Fsp3) is 0.438. The average Bonchev–Trinajstić information content (AvgIpc) is 2.54. The minimum absolute atomic E-state index is 0.0997. The Morgan fingerprint density at radius 3 is 2.31 bits per heavy atom. The Hall–Kier alpha value is -2.62. The van der Waals surface area contributed by atoms with E-state index in [0.29, 0.717) is 12.5 Å². The van der Waals surface area contributed by atoms with E-state index in [-0.39, 0.29) is 19.1 Å². The molecule has 0 aliphatic carbocycles. The molecule has 3 N–H and O–H groups in total. The van der Waals surface area contributed by atoms with Gasteiger partial charge in [-0.05, 0) is 32.5 Å². The van der Waals surface area contributed by atoms with Crippen LogP contribution >= 0.6 is 0 Å². The van der Waals surface area contributed by atoms with Crippen molar-refractivity contribution in [3.05, 3.63) is 29.6 Å². The van der Waals surface area contributed by atoms with Gasteiger partial charge in [-0.3, -0.25) is 19.8 Å². The second-order valence-electron chi connectivity index (χ2n) is 5.77. The van der Waals surface area contributed by atoms with Crippen LogP contribution in [0.15, 0.2) is 12.1 Å². The number of likely N-dealkylation sites (N-methyl/N-ethyl adjacent to an activating group) is 1. The van der Waals surface area contributed by atoms with Crippen molar-refractivity contribution in [2.45, 2.75) is 26.3 Å². The topological polar surface area (TPSA) is 90.5 Å². The summed E-state index contributed by atoms with van der Waals surface area (Å²) in [6.07, 6.45) is 0.697. The van der Waals surface area contributed by atoms with Gasteiger partial charge < -0.3 is 10.6 Å². The predicted octanol–water partition coefficient (Wildman–Crippen LogP) is 1.60. The number of halogens is 3. The molecule has 4 amide bonds. The summed E-state index contributed by atoms with van der Waals surface area (Å²) in [6, 6.07) is 0.821. The van der Waals surface area contributed by atoms with Crippen LogP contribution in [0.1, 0.15) is 20.3 Å². The first-order chi connectivity index (χ1) is 12.1. The Kier molecular flexibility index (Phi) is 8.04. The Morgan fingerprint density at radius 2 is 1.69 bits per heavy atom. The summed E-state index contributed by atoms with van der Waals surface area (Å²) < 4.78 is 39.4. The third-order valence-electron chi connectivity index (χ3n) is 3.38. The van der Waals surface area contributed by atoms with E-state index in [1.807, 2.05) is 6.92 Å². The van der Waals surface area contributed by atoms with Crippen LogP contribution in [-0.2, 0) is 9.59 Å². The molecule has 7 nitrogen and oxygen atoms in total. The number of nitrogens with one attached hydrogen (secondary N) is 3. The Balaban J connectivity index is 2.48. The first kappa shape index (κ1) is 21.4. The van der Waals surface area contributed by atoms with Gasteiger partial charge in [0.15, 0.2) is 17.5 Å². The highest BCUT2D eigenvalue weighted by molar-refractivity contribution is 5.96. The van der Waals surface area contributed by atoms with Gasteiger partial charge in [-0.25, -0.2) is 18.0 Å². The summed E-state index contributed by atoms with van der Waals surface area (Å²) in [7, 11) is 1.42. The first-order valence-electron chi connectivity index (χ1n) is 7.86. The molecule has 0 aliphatic heterocycles. The molecule has 26 heavy (non-hydrogen) atoms. The highest BCUT2D eigenvalue weighted by atomic mass is 19.2. The van der Waals surface area contributed by atoms with Gasteiger partial charge in [0.25, 0.3) is 0 Å². The molecule has 144 valence electrons. The van der Waals surface area contributed by atoms with Gasteiger partial charge in [0, 0.05) is 6.04 Å². The van der Waals surface area contributed by atoms with Gasteiger partial charge in [-0.1, -0.05) is 6.92 Å². The molecule has 1 aromatic carbocycles. The van der Waals surface area contributed by atoms with E-state index in [0.717, 1.165) is 6.07 Å². The van der Waals surface area contributed by atoms with Gasteiger partial charge in [-0.15, -0.1) is 0 Å². The van der Waals surface area contributed by atoms with E-state index in [2.05, 4.69) is 16.0 Å². The average molecular weight is 374 g/mol. The maximum atomic E-state index is 13.5. The van der Waals surface area contributed by atoms with Gasteiger partial charge >= 0.3 is 6.03 Å². The van der Waals surface area contributed by atoms with Crippen molar-refractivity contribution in [3.8, 4) is 0 Å². The van der Waals surface area contributed by atoms with Gasteiger partial charge in [0.2, 0.25) is 11.8 Å². The lowest BCUT2D eigenvalue weighted by atomic mass is 10.2. The largest absolute Gasteiger partial charge is 0.335 e. The molecule has 0 radical (unpaired) electrons. The monoisotopic (exact) mass is 374 g/mol. The number of amides is 4. The zero-order valence-corrected chi connectivity index (χ0v) is 14.7. The fourth-order valence-electron chi connectivity index (χ4n) is 1.89. The van der Waals surface area contributed by atoms with Crippen molar-refractivity contribution in [3.63, 3.8) is 0 Å². The number of imide groups is 1. The predicted molar refractivity (Wildman–Crippen MR) is 88.9 cm³/mol. The van der Waals surface area contributed by atoms with Crippen LogP contribution in [-0.4, -0.2) is 48.9 Å². The Morgan fingerprint density at radius 1 is 1.08 bits per heavy atom. The van der Waals surface area contributed by atoms with Crippen LogP contribution in [0.4, 0.5) is 23.7 Å². The van der Waals surface area contributed by atoms with Crippen LogP contribution in [0.3, 0.4) is 0 Å². The molecule has 0 bridgehead atoms. The highest BCUT2D eigenvalue weighted by Crippen LogP contribution is 2.19. The minimum Gasteiger partial charge on any atom is -0.335 e. The molecule has 1 atom stereocenters. The fourth-order valence-corrected chi connectivity index (χ4v) is 1.89. The molecule has 0 aromatic heterocycles. The van der Waals surface area contributed by atoms with Crippen LogP contribution < -0.4 is 16.0 Å². The summed E-state index contributed by atoms with van der Waals surface area (Å²) in [4.78, 5) is 36.3. The number of urea groups is 1. The standard InChI is InChI=1S/C16H21F3N4O3/c1-4-9(2)20-16(26)22-13(25)8-23(3)7-12(24)21-11-6-5-10(17)14(18)15(11)19/h5-6,9H,4,7-8H2,1-3H3,(H,21,24)(H2,20,22,25,26)/t9-/m1/s1. The van der Waals surface area contributed by atoms with Crippen molar-refractivity contribution in [1.29, 1.82) is 0 Å². The zero-order valence-electron chi connectivity index (χ0n) is 14.7. The third-order valence-corrected chi connectivity index (χ3v) is 3.38. The normalized spacial score (nSPS) is 11.8. The van der Waals surface area contributed by atoms with Crippen molar-refractivity contribution in [1.82, 2.24) is 15.5 Å². The number of nitrogens with zero attached hydrogens (tertiary/aromatic N) is 1. The van der Waals surface area contributed by atoms with Crippen LogP contribution in [0.5, 0.6) is 0 Å². The number of hydrogen-bond acceptors (Lipinski definition) is 4. The number of hydrogen-bond donors (Lipinski definition) is 3. The Bertz CT molecular complexity index is 685. The van der Waals surface area contributed by atoms with Crippen LogP contribution in [0.25, 0.3) is 0 Å². The summed E-state index contributed by atoms with van der Waals surface area (Å²) in [5, 5.41) is 6.74. The quantitative estimate of drug-likeness (QED) is 0.633. The van der Waals surface area contributed by atoms with Gasteiger partial charge in [0.05, 0.1) is 18.8 Å². The number of rotatable bonds is 7. The lowest BCUT2D eigenvalue weighted by Crippen LogP contribution is -2.47. The first-order valence-corrected chi connectivity index (χ1v) is 7.86. The summed E-state index contributed by atoms with van der Waals surface area (Å²) in [5.74, 6) is -5.96. The van der Waals surface area contributed by atoms with Crippen molar-refractivity contribution < 1.29 is 27.6 Å². The van der Waals surface area contributed by atoms with E-state index in [4.69, 9.17) is 0 Å². The summed E-state index contributed by atoms with van der Waals surface area (Å²) in [6.45, 7) is 3.04. The molecule has 0 aliphatic rings. The van der Waals surface area contributed by atoms with Gasteiger partial charge in [0.1, 0.15) is 0 Å². The van der Waals surface area contributed by atoms with E-state index < -0.39 is 41.0 Å². The molecule has 0 spiro atoms. The van der Waals surface area contributed by atoms with Crippen LogP contribution in [0.2, 0.25) is 0 Å². The Labute approximate surface area is 148 Å². The zero-order chi connectivity index (χ0) is 19.9. The molecular weight excluding hydrogens is 353 g/mol. The van der Waals surface area contributed by atoms with E-state index in [1.54, 1.807) is 6.92 Å². The molecule has 0 unspecified atom stereocenters. The SMILES string of the molecule is CC[C@@H](C)NC(=O)NC(=O)CN(C)CC(=O)Nc1ccc(F)c(F)c1F. The second kappa shape index (κ2) is 9.76. The third kappa shape index (κ3) is 6.71. The van der Waals surface area contributed by atoms with Crippen LogP contribution in [0, 0.1) is 17.5 Å². The highest BCUT2D eigenvalue weighted by Gasteiger charge is 2.17. The molecule has 0 saturated heterocycles. The van der Waals surface area contributed by atoms with Crippen molar-refractivity contribution in [2.24, 2.45) is 0 Å². The number of carbonyl (C=O) groups is 3. The molecule has 10 heteroatoms. The van der Waals surface area contributed by atoms with E-state index in [9.17, 15) is 27.6 Å². The lowest BCUT2D eigenvalue weighted by Gasteiger charge is -2.17. The smallest absolute Gasteiger partial charge is 0.321 e. The number of anilines is 1. The molecule has 1 aromatic rings. The summed E-state index contributed by atoms with van der Waals surface area (Å²) in [5.41, 5.74) is -0.514. The molecule has 0 saturated carbocycles.